The molecule has 1 unspecified atom stereocenters. The van der Waals surface area contributed by atoms with Gasteiger partial charge in [-0.15, -0.1) is 11.3 Å². The van der Waals surface area contributed by atoms with Crippen molar-refractivity contribution in [1.29, 1.82) is 0 Å². The zero-order valence-electron chi connectivity index (χ0n) is 18.8. The van der Waals surface area contributed by atoms with Gasteiger partial charge in [0.25, 0.3) is 5.91 Å². The van der Waals surface area contributed by atoms with E-state index < -0.39 is 0 Å². The van der Waals surface area contributed by atoms with Crippen LogP contribution in [0, 0.1) is 14.9 Å². The highest BCUT2D eigenvalue weighted by molar-refractivity contribution is 14.1. The monoisotopic (exact) mass is 584 g/mol. The van der Waals surface area contributed by atoms with Crippen LogP contribution in [0.25, 0.3) is 0 Å². The summed E-state index contributed by atoms with van der Waals surface area (Å²) in [5.74, 6) is -0.0583. The van der Waals surface area contributed by atoms with Crippen molar-refractivity contribution in [2.75, 3.05) is 11.9 Å². The van der Waals surface area contributed by atoms with Crippen molar-refractivity contribution >= 4 is 68.1 Å². The summed E-state index contributed by atoms with van der Waals surface area (Å²) in [6.07, 6.45) is 3.94. The zero-order chi connectivity index (χ0) is 23.5. The number of esters is 1. The minimum Gasteiger partial charge on any atom is -0.462 e. The summed E-state index contributed by atoms with van der Waals surface area (Å²) in [4.78, 5) is 26.7. The molecule has 1 aliphatic rings. The van der Waals surface area contributed by atoms with Gasteiger partial charge in [0.15, 0.2) is 5.11 Å². The second-order valence-corrected chi connectivity index (χ2v) is 11.3. The first kappa shape index (κ1) is 25.1. The van der Waals surface area contributed by atoms with Crippen LogP contribution in [-0.2, 0) is 17.6 Å². The number of thiophene rings is 1. The van der Waals surface area contributed by atoms with E-state index in [-0.39, 0.29) is 22.4 Å². The number of halogens is 1. The largest absolute Gasteiger partial charge is 0.462 e. The summed E-state index contributed by atoms with van der Waals surface area (Å²) in [7, 11) is 0. The molecule has 0 spiro atoms. The molecule has 5 nitrogen and oxygen atoms in total. The molecule has 0 radical (unpaired) electrons. The Morgan fingerprint density at radius 1 is 1.28 bits per heavy atom. The molecule has 0 bridgehead atoms. The Bertz CT molecular complexity index is 1030. The van der Waals surface area contributed by atoms with Gasteiger partial charge in [0, 0.05) is 8.45 Å². The average Bonchev–Trinajstić information content (AvgIpc) is 3.10. The number of hydrogen-bond acceptors (Lipinski definition) is 5. The van der Waals surface area contributed by atoms with Gasteiger partial charge in [0.2, 0.25) is 0 Å². The molecule has 8 heteroatoms. The molecule has 1 atom stereocenters. The van der Waals surface area contributed by atoms with Crippen molar-refractivity contribution in [2.24, 2.45) is 11.3 Å². The molecule has 1 amide bonds. The minimum atomic E-state index is -0.340. The molecule has 32 heavy (non-hydrogen) atoms. The van der Waals surface area contributed by atoms with E-state index in [9.17, 15) is 9.59 Å². The average molecular weight is 585 g/mol. The smallest absolute Gasteiger partial charge is 0.341 e. The fourth-order valence-corrected chi connectivity index (χ4v) is 6.21. The number of amides is 1. The number of hydrogen-bond donors (Lipinski definition) is 2. The summed E-state index contributed by atoms with van der Waals surface area (Å²) < 4.78 is 6.19. The molecule has 0 aliphatic heterocycles. The molecule has 3 rings (SSSR count). The lowest BCUT2D eigenvalue weighted by molar-refractivity contribution is 0.0526. The fourth-order valence-electron chi connectivity index (χ4n) is 4.00. The third-order valence-electron chi connectivity index (χ3n) is 6.33. The van der Waals surface area contributed by atoms with Crippen molar-refractivity contribution < 1.29 is 14.3 Å². The summed E-state index contributed by atoms with van der Waals surface area (Å²) in [6.45, 7) is 8.97. The number of fused-ring (bicyclic) bond motifs is 1. The molecular formula is C24H29IN2O3S2. The van der Waals surface area contributed by atoms with Crippen LogP contribution < -0.4 is 10.6 Å². The van der Waals surface area contributed by atoms with Crippen LogP contribution in [0.1, 0.15) is 71.7 Å². The number of rotatable bonds is 6. The van der Waals surface area contributed by atoms with Crippen molar-refractivity contribution in [3.05, 3.63) is 49.4 Å². The molecule has 1 aliphatic carbocycles. The predicted molar refractivity (Wildman–Crippen MR) is 143 cm³/mol. The Kier molecular flexibility index (Phi) is 8.32. The van der Waals surface area contributed by atoms with Gasteiger partial charge in [0.1, 0.15) is 5.00 Å². The van der Waals surface area contributed by atoms with Gasteiger partial charge in [-0.3, -0.25) is 10.1 Å². The van der Waals surface area contributed by atoms with E-state index in [1.54, 1.807) is 24.3 Å². The van der Waals surface area contributed by atoms with Gasteiger partial charge in [-0.1, -0.05) is 39.3 Å². The molecule has 0 fully saturated rings. The van der Waals surface area contributed by atoms with E-state index >= 15 is 0 Å². The number of anilines is 1. The highest BCUT2D eigenvalue weighted by atomic mass is 127. The number of benzene rings is 1. The highest BCUT2D eigenvalue weighted by Crippen LogP contribution is 2.45. The van der Waals surface area contributed by atoms with Crippen LogP contribution in [0.15, 0.2) is 24.3 Å². The second-order valence-electron chi connectivity index (χ2n) is 8.60. The number of thiocarbonyl (C=S) groups is 1. The fraction of sp³-hybridized carbons (Fsp3) is 0.458. The first-order valence-corrected chi connectivity index (χ1v) is 13.2. The van der Waals surface area contributed by atoms with Crippen LogP contribution >= 0.6 is 46.1 Å². The molecular weight excluding hydrogens is 555 g/mol. The third-order valence-corrected chi connectivity index (χ3v) is 8.65. The molecule has 1 heterocycles. The summed E-state index contributed by atoms with van der Waals surface area (Å²) in [6, 6.07) is 7.31. The number of nitrogens with one attached hydrogen (secondary N) is 2. The molecule has 1 aromatic carbocycles. The highest BCUT2D eigenvalue weighted by Gasteiger charge is 2.35. The lowest BCUT2D eigenvalue weighted by atomic mass is 9.69. The molecule has 0 saturated heterocycles. The first-order chi connectivity index (χ1) is 15.2. The minimum absolute atomic E-state index is 0.171. The van der Waals surface area contributed by atoms with Gasteiger partial charge in [-0.25, -0.2) is 4.79 Å². The maximum atomic E-state index is 12.8. The lowest BCUT2D eigenvalue weighted by Gasteiger charge is -2.36. The van der Waals surface area contributed by atoms with Gasteiger partial charge in [-0.2, -0.15) is 0 Å². The van der Waals surface area contributed by atoms with Crippen molar-refractivity contribution in [3.8, 4) is 0 Å². The van der Waals surface area contributed by atoms with Gasteiger partial charge < -0.3 is 10.1 Å². The second kappa shape index (κ2) is 10.6. The maximum absolute atomic E-state index is 12.8. The quantitative estimate of drug-likeness (QED) is 0.241. The normalized spacial score (nSPS) is 15.6. The first-order valence-electron chi connectivity index (χ1n) is 10.9. The van der Waals surface area contributed by atoms with Crippen LogP contribution in [0.4, 0.5) is 5.00 Å². The van der Waals surface area contributed by atoms with Crippen molar-refractivity contribution in [2.45, 2.75) is 53.4 Å². The Labute approximate surface area is 212 Å². The van der Waals surface area contributed by atoms with E-state index in [4.69, 9.17) is 17.0 Å². The van der Waals surface area contributed by atoms with E-state index in [1.807, 2.05) is 18.2 Å². The van der Waals surface area contributed by atoms with E-state index in [1.165, 1.54) is 4.88 Å². The summed E-state index contributed by atoms with van der Waals surface area (Å²) in [5.41, 5.74) is 2.42. The molecule has 2 aromatic rings. The standard InChI is InChI=1S/C24H29IN2O3S2/c1-5-24(3,4)14-11-12-16-18(13-14)32-21(19(16)22(29)30-6-2)27-23(31)26-20(28)15-9-7-8-10-17(15)25/h7-10,14H,5-6,11-13H2,1-4H3,(H2,26,27,28,31). The summed E-state index contributed by atoms with van der Waals surface area (Å²) in [5, 5.41) is 6.67. The van der Waals surface area contributed by atoms with Gasteiger partial charge in [-0.05, 0) is 90.0 Å². The van der Waals surface area contributed by atoms with Crippen molar-refractivity contribution in [3.63, 3.8) is 0 Å². The van der Waals surface area contributed by atoms with Gasteiger partial charge in [0.05, 0.1) is 17.7 Å². The predicted octanol–water partition coefficient (Wildman–Crippen LogP) is 6.20. The molecule has 2 N–H and O–H groups in total. The topological polar surface area (TPSA) is 67.4 Å². The van der Waals surface area contributed by atoms with Crippen LogP contribution in [0.5, 0.6) is 0 Å². The Balaban J connectivity index is 1.84. The molecule has 1 aromatic heterocycles. The third kappa shape index (κ3) is 5.51. The molecule has 0 saturated carbocycles. The van der Waals surface area contributed by atoms with Crippen LogP contribution in [0.3, 0.4) is 0 Å². The lowest BCUT2D eigenvalue weighted by Crippen LogP contribution is -2.34. The Hall–Kier alpha value is -1.52. The summed E-state index contributed by atoms with van der Waals surface area (Å²) >= 11 is 9.09. The van der Waals surface area contributed by atoms with Crippen LogP contribution in [0.2, 0.25) is 0 Å². The van der Waals surface area contributed by atoms with Gasteiger partial charge >= 0.3 is 5.97 Å². The number of carbonyl (C=O) groups is 2. The van der Waals surface area contributed by atoms with E-state index in [0.29, 0.717) is 28.7 Å². The molecule has 172 valence electrons. The zero-order valence-corrected chi connectivity index (χ0v) is 22.6. The maximum Gasteiger partial charge on any atom is 0.341 e. The van der Waals surface area contributed by atoms with E-state index in [0.717, 1.165) is 34.8 Å². The van der Waals surface area contributed by atoms with Crippen LogP contribution in [-0.4, -0.2) is 23.6 Å². The number of carbonyl (C=O) groups excluding carboxylic acids is 2. The number of ether oxygens (including phenoxy) is 1. The Morgan fingerprint density at radius 2 is 2.00 bits per heavy atom. The van der Waals surface area contributed by atoms with E-state index in [2.05, 4.69) is 54.0 Å². The van der Waals surface area contributed by atoms with Crippen molar-refractivity contribution in [1.82, 2.24) is 5.32 Å². The SMILES string of the molecule is CCOC(=O)c1c(NC(=S)NC(=O)c2ccccc2I)sc2c1CCC(C(C)(C)CC)C2. The Morgan fingerprint density at radius 3 is 2.66 bits per heavy atom.